The number of benzene rings is 1. The van der Waals surface area contributed by atoms with Crippen LogP contribution in [-0.2, 0) is 11.2 Å². The van der Waals surface area contributed by atoms with Crippen molar-refractivity contribution in [1.29, 1.82) is 0 Å². The van der Waals surface area contributed by atoms with Gasteiger partial charge in [-0.1, -0.05) is 6.07 Å². The number of hydrogen-bond donors (Lipinski definition) is 2. The van der Waals surface area contributed by atoms with Gasteiger partial charge >= 0.3 is 0 Å². The summed E-state index contributed by atoms with van der Waals surface area (Å²) in [7, 11) is 3.18. The van der Waals surface area contributed by atoms with Gasteiger partial charge in [0.2, 0.25) is 5.91 Å². The number of carbonyl (C=O) groups excluding carboxylic acids is 1. The largest absolute Gasteiger partial charge is 0.493 e. The van der Waals surface area contributed by atoms with E-state index in [9.17, 15) is 4.79 Å². The Hall–Kier alpha value is -1.46. The summed E-state index contributed by atoms with van der Waals surface area (Å²) < 4.78 is 10.4. The van der Waals surface area contributed by atoms with Crippen molar-refractivity contribution in [1.82, 2.24) is 10.6 Å². The standard InChI is InChI=1S/C14H20N2O3.ClH/c1-18-12-4-3-10(7-13(12)19-2)8-14(17)16-11-5-6-15-9-11;/h3-4,7,11,15H,5-6,8-9H2,1-2H3,(H,16,17);1H. The first-order valence-corrected chi connectivity index (χ1v) is 6.44. The molecule has 112 valence electrons. The predicted octanol–water partition coefficient (Wildman–Crippen LogP) is 1.15. The monoisotopic (exact) mass is 300 g/mol. The second kappa shape index (κ2) is 7.97. The zero-order valence-electron chi connectivity index (χ0n) is 11.8. The van der Waals surface area contributed by atoms with Gasteiger partial charge in [-0.25, -0.2) is 0 Å². The summed E-state index contributed by atoms with van der Waals surface area (Å²) >= 11 is 0. The molecular weight excluding hydrogens is 280 g/mol. The van der Waals surface area contributed by atoms with Crippen LogP contribution in [0.1, 0.15) is 12.0 Å². The Morgan fingerprint density at radius 1 is 1.35 bits per heavy atom. The van der Waals surface area contributed by atoms with Crippen molar-refractivity contribution < 1.29 is 14.3 Å². The minimum Gasteiger partial charge on any atom is -0.493 e. The maximum atomic E-state index is 11.9. The molecule has 0 radical (unpaired) electrons. The number of hydrogen-bond acceptors (Lipinski definition) is 4. The number of amides is 1. The highest BCUT2D eigenvalue weighted by Crippen LogP contribution is 2.27. The van der Waals surface area contributed by atoms with Gasteiger partial charge in [0.25, 0.3) is 0 Å². The third kappa shape index (κ3) is 4.28. The molecule has 5 nitrogen and oxygen atoms in total. The van der Waals surface area contributed by atoms with Gasteiger partial charge in [-0.3, -0.25) is 4.79 Å². The molecule has 2 N–H and O–H groups in total. The van der Waals surface area contributed by atoms with Crippen molar-refractivity contribution >= 4 is 18.3 Å². The zero-order chi connectivity index (χ0) is 13.7. The Morgan fingerprint density at radius 3 is 2.70 bits per heavy atom. The van der Waals surface area contributed by atoms with Crippen LogP contribution >= 0.6 is 12.4 Å². The smallest absolute Gasteiger partial charge is 0.224 e. The van der Waals surface area contributed by atoms with Crippen LogP contribution in [0.2, 0.25) is 0 Å². The average Bonchev–Trinajstić information content (AvgIpc) is 2.91. The number of nitrogens with one attached hydrogen (secondary N) is 2. The predicted molar refractivity (Wildman–Crippen MR) is 79.9 cm³/mol. The van der Waals surface area contributed by atoms with Gasteiger partial charge in [0.15, 0.2) is 11.5 Å². The van der Waals surface area contributed by atoms with Gasteiger partial charge in [-0.2, -0.15) is 0 Å². The molecule has 0 aliphatic carbocycles. The maximum Gasteiger partial charge on any atom is 0.224 e. The Balaban J connectivity index is 0.00000200. The van der Waals surface area contributed by atoms with Crippen molar-refractivity contribution in [3.63, 3.8) is 0 Å². The second-order valence-corrected chi connectivity index (χ2v) is 4.62. The van der Waals surface area contributed by atoms with Crippen LogP contribution in [0.3, 0.4) is 0 Å². The van der Waals surface area contributed by atoms with Gasteiger partial charge in [0.1, 0.15) is 0 Å². The minimum absolute atomic E-state index is 0. The molecule has 1 saturated heterocycles. The van der Waals surface area contributed by atoms with Gasteiger partial charge < -0.3 is 20.1 Å². The fourth-order valence-corrected chi connectivity index (χ4v) is 2.23. The number of methoxy groups -OCH3 is 2. The molecule has 1 unspecified atom stereocenters. The maximum absolute atomic E-state index is 11.9. The molecule has 0 aromatic heterocycles. The Labute approximate surface area is 125 Å². The summed E-state index contributed by atoms with van der Waals surface area (Å²) in [6.07, 6.45) is 1.36. The van der Waals surface area contributed by atoms with E-state index in [-0.39, 0.29) is 24.4 Å². The molecule has 0 spiro atoms. The Kier molecular flexibility index (Phi) is 6.61. The fraction of sp³-hybridized carbons (Fsp3) is 0.500. The molecule has 1 amide bonds. The molecule has 6 heteroatoms. The Morgan fingerprint density at radius 2 is 2.10 bits per heavy atom. The summed E-state index contributed by atoms with van der Waals surface area (Å²) in [5.41, 5.74) is 0.918. The van der Waals surface area contributed by atoms with E-state index >= 15 is 0 Å². The lowest BCUT2D eigenvalue weighted by Crippen LogP contribution is -2.37. The van der Waals surface area contributed by atoms with Crippen molar-refractivity contribution in [2.75, 3.05) is 27.3 Å². The van der Waals surface area contributed by atoms with E-state index in [4.69, 9.17) is 9.47 Å². The highest BCUT2D eigenvalue weighted by atomic mass is 35.5. The lowest BCUT2D eigenvalue weighted by Gasteiger charge is -2.12. The molecular formula is C14H21ClN2O3. The molecule has 1 aliphatic heterocycles. The average molecular weight is 301 g/mol. The van der Waals surface area contributed by atoms with Gasteiger partial charge in [0, 0.05) is 12.6 Å². The molecule has 1 aromatic rings. The van der Waals surface area contributed by atoms with E-state index in [0.717, 1.165) is 25.1 Å². The van der Waals surface area contributed by atoms with E-state index in [1.54, 1.807) is 14.2 Å². The third-order valence-corrected chi connectivity index (χ3v) is 3.24. The van der Waals surface area contributed by atoms with Crippen molar-refractivity contribution in [3.8, 4) is 11.5 Å². The third-order valence-electron chi connectivity index (χ3n) is 3.24. The SMILES string of the molecule is COc1ccc(CC(=O)NC2CCNC2)cc1OC.Cl. The molecule has 0 saturated carbocycles. The first kappa shape index (κ1) is 16.6. The van der Waals surface area contributed by atoms with Crippen LogP contribution in [0.15, 0.2) is 18.2 Å². The summed E-state index contributed by atoms with van der Waals surface area (Å²) in [5, 5.41) is 6.24. The zero-order valence-corrected chi connectivity index (χ0v) is 12.6. The quantitative estimate of drug-likeness (QED) is 0.856. The van der Waals surface area contributed by atoms with Crippen LogP contribution in [0.25, 0.3) is 0 Å². The summed E-state index contributed by atoms with van der Waals surface area (Å²) in [5.74, 6) is 1.36. The van der Waals surface area contributed by atoms with Crippen LogP contribution in [0.5, 0.6) is 11.5 Å². The molecule has 1 atom stereocenters. The van der Waals surface area contributed by atoms with E-state index < -0.39 is 0 Å². The molecule has 1 heterocycles. The Bertz CT molecular complexity index is 448. The van der Waals surface area contributed by atoms with Crippen LogP contribution < -0.4 is 20.1 Å². The molecule has 0 bridgehead atoms. The van der Waals surface area contributed by atoms with Gasteiger partial charge in [-0.15, -0.1) is 12.4 Å². The van der Waals surface area contributed by atoms with Crippen molar-refractivity contribution in [3.05, 3.63) is 23.8 Å². The summed E-state index contributed by atoms with van der Waals surface area (Å²) in [6.45, 7) is 1.83. The van der Waals surface area contributed by atoms with Gasteiger partial charge in [0.05, 0.1) is 20.6 Å². The highest BCUT2D eigenvalue weighted by Gasteiger charge is 2.17. The first-order valence-electron chi connectivity index (χ1n) is 6.44. The minimum atomic E-state index is 0. The number of carbonyl (C=O) groups is 1. The van der Waals surface area contributed by atoms with Crippen LogP contribution in [-0.4, -0.2) is 39.3 Å². The number of ether oxygens (including phenoxy) is 2. The number of halogens is 1. The van der Waals surface area contributed by atoms with E-state index in [1.165, 1.54) is 0 Å². The first-order chi connectivity index (χ1) is 9.22. The van der Waals surface area contributed by atoms with Crippen LogP contribution in [0, 0.1) is 0 Å². The highest BCUT2D eigenvalue weighted by molar-refractivity contribution is 5.85. The lowest BCUT2D eigenvalue weighted by atomic mass is 10.1. The normalized spacial score (nSPS) is 17.2. The molecule has 20 heavy (non-hydrogen) atoms. The van der Waals surface area contributed by atoms with E-state index in [1.807, 2.05) is 18.2 Å². The molecule has 2 rings (SSSR count). The van der Waals surface area contributed by atoms with Crippen LogP contribution in [0.4, 0.5) is 0 Å². The van der Waals surface area contributed by atoms with Gasteiger partial charge in [-0.05, 0) is 30.7 Å². The number of rotatable bonds is 5. The molecule has 1 fully saturated rings. The van der Waals surface area contributed by atoms with Crippen molar-refractivity contribution in [2.45, 2.75) is 18.9 Å². The topological polar surface area (TPSA) is 59.6 Å². The second-order valence-electron chi connectivity index (χ2n) is 4.62. The fourth-order valence-electron chi connectivity index (χ4n) is 2.23. The van der Waals surface area contributed by atoms with E-state index in [0.29, 0.717) is 17.9 Å². The lowest BCUT2D eigenvalue weighted by molar-refractivity contribution is -0.121. The molecule has 1 aliphatic rings. The molecule has 1 aromatic carbocycles. The van der Waals surface area contributed by atoms with Crippen molar-refractivity contribution in [2.24, 2.45) is 0 Å². The summed E-state index contributed by atoms with van der Waals surface area (Å²) in [4.78, 5) is 11.9. The summed E-state index contributed by atoms with van der Waals surface area (Å²) in [6, 6.07) is 5.80. The van der Waals surface area contributed by atoms with E-state index in [2.05, 4.69) is 10.6 Å².